The summed E-state index contributed by atoms with van der Waals surface area (Å²) in [6.45, 7) is 2.98. The van der Waals surface area contributed by atoms with Crippen molar-refractivity contribution in [2.75, 3.05) is 19.0 Å². The second-order valence-corrected chi connectivity index (χ2v) is 7.86. The van der Waals surface area contributed by atoms with Crippen molar-refractivity contribution in [3.05, 3.63) is 72.3 Å². The molecular formula is C23H24N4S. The molecular weight excluding hydrogens is 364 g/mol. The average molecular weight is 389 g/mol. The summed E-state index contributed by atoms with van der Waals surface area (Å²) in [6.07, 6.45) is 0. The molecule has 0 aliphatic rings. The molecule has 0 spiro atoms. The second kappa shape index (κ2) is 8.07. The highest BCUT2D eigenvalue weighted by Gasteiger charge is 2.14. The van der Waals surface area contributed by atoms with Crippen LogP contribution in [0.5, 0.6) is 0 Å². The van der Waals surface area contributed by atoms with Crippen LogP contribution >= 0.6 is 11.8 Å². The molecule has 0 saturated carbocycles. The van der Waals surface area contributed by atoms with Crippen molar-refractivity contribution in [3.63, 3.8) is 0 Å². The lowest BCUT2D eigenvalue weighted by atomic mass is 10.1. The zero-order valence-electron chi connectivity index (χ0n) is 16.5. The van der Waals surface area contributed by atoms with Gasteiger partial charge in [-0.15, -0.1) is 10.2 Å². The van der Waals surface area contributed by atoms with E-state index in [-0.39, 0.29) is 0 Å². The molecule has 0 atom stereocenters. The molecule has 4 rings (SSSR count). The molecule has 0 saturated heterocycles. The third-order valence-electron chi connectivity index (χ3n) is 4.89. The smallest absolute Gasteiger partial charge is 0.191 e. The third kappa shape index (κ3) is 3.62. The van der Waals surface area contributed by atoms with E-state index in [9.17, 15) is 0 Å². The van der Waals surface area contributed by atoms with Crippen LogP contribution in [0.2, 0.25) is 0 Å². The van der Waals surface area contributed by atoms with Gasteiger partial charge < -0.3 is 9.47 Å². The van der Waals surface area contributed by atoms with Crippen LogP contribution in [0.1, 0.15) is 12.5 Å². The van der Waals surface area contributed by atoms with Gasteiger partial charge in [-0.25, -0.2) is 0 Å². The second-order valence-electron chi connectivity index (χ2n) is 6.92. The lowest BCUT2D eigenvalue weighted by molar-refractivity contribution is 0.687. The van der Waals surface area contributed by atoms with E-state index in [1.165, 1.54) is 16.3 Å². The van der Waals surface area contributed by atoms with Crippen molar-refractivity contribution >= 4 is 28.2 Å². The predicted molar refractivity (Wildman–Crippen MR) is 119 cm³/mol. The van der Waals surface area contributed by atoms with Crippen LogP contribution in [0.25, 0.3) is 22.2 Å². The molecule has 28 heavy (non-hydrogen) atoms. The van der Waals surface area contributed by atoms with E-state index in [1.807, 2.05) is 0 Å². The fraction of sp³-hybridized carbons (Fsp3) is 0.217. The number of nitrogens with zero attached hydrogens (tertiary/aromatic N) is 4. The van der Waals surface area contributed by atoms with E-state index in [0.717, 1.165) is 34.5 Å². The molecule has 3 aromatic carbocycles. The molecule has 4 aromatic rings. The zero-order valence-corrected chi connectivity index (χ0v) is 17.3. The van der Waals surface area contributed by atoms with Crippen molar-refractivity contribution in [1.29, 1.82) is 0 Å². The van der Waals surface area contributed by atoms with Gasteiger partial charge in [0.15, 0.2) is 11.0 Å². The maximum Gasteiger partial charge on any atom is 0.191 e. The first-order valence-electron chi connectivity index (χ1n) is 9.47. The maximum atomic E-state index is 4.51. The van der Waals surface area contributed by atoms with Gasteiger partial charge in [0.2, 0.25) is 0 Å². The Morgan fingerprint density at radius 2 is 1.71 bits per heavy atom. The number of thioether (sulfide) groups is 1. The minimum Gasteiger partial charge on any atom is -0.378 e. The van der Waals surface area contributed by atoms with Gasteiger partial charge in [-0.05, 0) is 35.4 Å². The van der Waals surface area contributed by atoms with E-state index in [2.05, 4.69) is 107 Å². The van der Waals surface area contributed by atoms with Gasteiger partial charge in [-0.1, -0.05) is 66.4 Å². The number of benzene rings is 3. The van der Waals surface area contributed by atoms with Crippen molar-refractivity contribution in [1.82, 2.24) is 14.8 Å². The summed E-state index contributed by atoms with van der Waals surface area (Å²) in [6, 6.07) is 23.5. The molecule has 0 N–H and O–H groups in total. The van der Waals surface area contributed by atoms with Crippen molar-refractivity contribution < 1.29 is 0 Å². The summed E-state index contributed by atoms with van der Waals surface area (Å²) in [5.41, 5.74) is 3.58. The summed E-state index contributed by atoms with van der Waals surface area (Å²) in [7, 11) is 4.10. The van der Waals surface area contributed by atoms with E-state index >= 15 is 0 Å². The minimum absolute atomic E-state index is 0.840. The zero-order chi connectivity index (χ0) is 19.5. The Balaban J connectivity index is 1.62. The Kier molecular flexibility index (Phi) is 5.35. The number of rotatable bonds is 6. The van der Waals surface area contributed by atoms with Crippen LogP contribution < -0.4 is 4.90 Å². The summed E-state index contributed by atoms with van der Waals surface area (Å²) >= 11 is 1.74. The van der Waals surface area contributed by atoms with Crippen LogP contribution in [0.15, 0.2) is 71.9 Å². The van der Waals surface area contributed by atoms with Gasteiger partial charge in [0.25, 0.3) is 0 Å². The van der Waals surface area contributed by atoms with Crippen LogP contribution in [0, 0.1) is 0 Å². The number of aromatic nitrogens is 3. The normalized spacial score (nSPS) is 11.1. The molecule has 142 valence electrons. The number of hydrogen-bond donors (Lipinski definition) is 0. The molecule has 5 heteroatoms. The highest BCUT2D eigenvalue weighted by molar-refractivity contribution is 7.98. The lowest BCUT2D eigenvalue weighted by Gasteiger charge is -2.14. The van der Waals surface area contributed by atoms with Gasteiger partial charge in [0.05, 0.1) is 0 Å². The van der Waals surface area contributed by atoms with Gasteiger partial charge >= 0.3 is 0 Å². The minimum atomic E-state index is 0.840. The topological polar surface area (TPSA) is 34.0 Å². The lowest BCUT2D eigenvalue weighted by Crippen LogP contribution is -2.08. The largest absolute Gasteiger partial charge is 0.378 e. The molecule has 4 nitrogen and oxygen atoms in total. The van der Waals surface area contributed by atoms with E-state index in [1.54, 1.807) is 11.8 Å². The first-order valence-corrected chi connectivity index (χ1v) is 10.5. The molecule has 0 amide bonds. The van der Waals surface area contributed by atoms with Crippen LogP contribution in [0.3, 0.4) is 0 Å². The Morgan fingerprint density at radius 3 is 2.54 bits per heavy atom. The Labute approximate surface area is 170 Å². The fourth-order valence-electron chi connectivity index (χ4n) is 3.38. The third-order valence-corrected chi connectivity index (χ3v) is 5.91. The molecule has 0 fully saturated rings. The maximum absolute atomic E-state index is 4.51. The molecule has 0 bridgehead atoms. The predicted octanol–water partition coefficient (Wildman–Crippen LogP) is 5.48. The molecule has 0 aliphatic heterocycles. The SMILES string of the molecule is CCn1c(SCc2cccc3ccccc23)nnc1-c1cccc(N(C)C)c1. The first kappa shape index (κ1) is 18.6. The van der Waals surface area contributed by atoms with Crippen molar-refractivity contribution in [3.8, 4) is 11.4 Å². The highest BCUT2D eigenvalue weighted by Crippen LogP contribution is 2.30. The van der Waals surface area contributed by atoms with Crippen molar-refractivity contribution in [2.24, 2.45) is 0 Å². The quantitative estimate of drug-likeness (QED) is 0.410. The number of hydrogen-bond acceptors (Lipinski definition) is 4. The Hall–Kier alpha value is -2.79. The van der Waals surface area contributed by atoms with Crippen molar-refractivity contribution in [2.45, 2.75) is 24.4 Å². The van der Waals surface area contributed by atoms with E-state index in [4.69, 9.17) is 0 Å². The standard InChI is InChI=1S/C23H24N4S/c1-4-27-22(18-11-8-13-20(15-18)26(2)3)24-25-23(27)28-16-19-12-7-10-17-9-5-6-14-21(17)19/h5-15H,4,16H2,1-3H3. The van der Waals surface area contributed by atoms with E-state index < -0.39 is 0 Å². The molecule has 0 aliphatic carbocycles. The monoisotopic (exact) mass is 388 g/mol. The average Bonchev–Trinajstić information content (AvgIpc) is 3.15. The summed E-state index contributed by atoms with van der Waals surface area (Å²) in [5, 5.41) is 12.5. The van der Waals surface area contributed by atoms with Gasteiger partial charge in [-0.2, -0.15) is 0 Å². The molecule has 0 radical (unpaired) electrons. The molecule has 1 heterocycles. The van der Waals surface area contributed by atoms with E-state index in [0.29, 0.717) is 0 Å². The van der Waals surface area contributed by atoms with Gasteiger partial charge in [-0.3, -0.25) is 0 Å². The van der Waals surface area contributed by atoms with Gasteiger partial charge in [0.1, 0.15) is 0 Å². The van der Waals surface area contributed by atoms with Gasteiger partial charge in [0, 0.05) is 37.6 Å². The first-order chi connectivity index (χ1) is 13.7. The molecule has 0 unspecified atom stereocenters. The van der Waals surface area contributed by atoms with Crippen LogP contribution in [-0.2, 0) is 12.3 Å². The Morgan fingerprint density at radius 1 is 0.929 bits per heavy atom. The Bertz CT molecular complexity index is 1100. The highest BCUT2D eigenvalue weighted by atomic mass is 32.2. The van der Waals surface area contributed by atoms with Crippen LogP contribution in [0.4, 0.5) is 5.69 Å². The number of anilines is 1. The number of fused-ring (bicyclic) bond motifs is 1. The summed E-state index contributed by atoms with van der Waals surface area (Å²) < 4.78 is 2.20. The summed E-state index contributed by atoms with van der Waals surface area (Å²) in [4.78, 5) is 2.10. The summed E-state index contributed by atoms with van der Waals surface area (Å²) in [5.74, 6) is 1.80. The fourth-order valence-corrected chi connectivity index (χ4v) is 4.38. The molecule has 1 aromatic heterocycles. The van der Waals surface area contributed by atoms with Crippen LogP contribution in [-0.4, -0.2) is 28.9 Å².